The standard InChI is InChI=1S/C8H6O3S/c9-8(6-12-10)11-7-4-2-1-3-5-7/h1-6H. The third-order valence-electron chi connectivity index (χ3n) is 1.11. The summed E-state index contributed by atoms with van der Waals surface area (Å²) < 4.78 is 14.6. The van der Waals surface area contributed by atoms with Gasteiger partial charge in [0.1, 0.15) is 11.1 Å². The maximum Gasteiger partial charge on any atom is 0.349 e. The Kier molecular flexibility index (Phi) is 3.22. The first-order valence-electron chi connectivity index (χ1n) is 3.21. The Bertz CT molecular complexity index is 314. The van der Waals surface area contributed by atoms with E-state index in [1.807, 2.05) is 6.07 Å². The van der Waals surface area contributed by atoms with E-state index in [0.717, 1.165) is 5.37 Å². The fourth-order valence-corrected chi connectivity index (χ4v) is 0.795. The average Bonchev–Trinajstić information content (AvgIpc) is 2.06. The van der Waals surface area contributed by atoms with Gasteiger partial charge in [-0.15, -0.1) is 0 Å². The van der Waals surface area contributed by atoms with Gasteiger partial charge in [-0.05, 0) is 12.1 Å². The third-order valence-corrected chi connectivity index (χ3v) is 1.39. The van der Waals surface area contributed by atoms with E-state index in [4.69, 9.17) is 4.74 Å². The number of para-hydroxylation sites is 1. The molecule has 0 bridgehead atoms. The van der Waals surface area contributed by atoms with Gasteiger partial charge >= 0.3 is 5.97 Å². The van der Waals surface area contributed by atoms with Gasteiger partial charge < -0.3 is 4.74 Å². The van der Waals surface area contributed by atoms with E-state index in [9.17, 15) is 9.00 Å². The van der Waals surface area contributed by atoms with Crippen molar-refractivity contribution in [3.63, 3.8) is 0 Å². The largest absolute Gasteiger partial charge is 0.423 e. The maximum absolute atomic E-state index is 10.7. The van der Waals surface area contributed by atoms with Gasteiger partial charge in [0, 0.05) is 0 Å². The fraction of sp³-hybridized carbons (Fsp3) is 0. The van der Waals surface area contributed by atoms with Crippen molar-refractivity contribution >= 4 is 22.6 Å². The van der Waals surface area contributed by atoms with Gasteiger partial charge in [-0.2, -0.15) is 0 Å². The molecule has 1 aromatic rings. The van der Waals surface area contributed by atoms with Gasteiger partial charge in [-0.3, -0.25) is 0 Å². The van der Waals surface area contributed by atoms with Crippen molar-refractivity contribution in [3.8, 4) is 5.75 Å². The van der Waals surface area contributed by atoms with Crippen LogP contribution in [0.15, 0.2) is 30.3 Å². The number of esters is 1. The van der Waals surface area contributed by atoms with Gasteiger partial charge in [-0.1, -0.05) is 18.2 Å². The van der Waals surface area contributed by atoms with Crippen molar-refractivity contribution in [1.82, 2.24) is 0 Å². The van der Waals surface area contributed by atoms with Crippen LogP contribution < -0.4 is 4.74 Å². The van der Waals surface area contributed by atoms with Gasteiger partial charge in [0.05, 0.1) is 11.3 Å². The highest BCUT2D eigenvalue weighted by Gasteiger charge is 1.97. The number of benzene rings is 1. The third kappa shape index (κ3) is 2.67. The van der Waals surface area contributed by atoms with E-state index in [2.05, 4.69) is 0 Å². The molecule has 0 saturated carbocycles. The van der Waals surface area contributed by atoms with Crippen LogP contribution in [0.2, 0.25) is 0 Å². The van der Waals surface area contributed by atoms with Crippen LogP contribution in [-0.2, 0) is 16.1 Å². The lowest BCUT2D eigenvalue weighted by Gasteiger charge is -1.97. The Labute approximate surface area is 73.0 Å². The highest BCUT2D eigenvalue weighted by Crippen LogP contribution is 2.07. The van der Waals surface area contributed by atoms with E-state index in [0.29, 0.717) is 5.75 Å². The van der Waals surface area contributed by atoms with Crippen molar-refractivity contribution in [2.75, 3.05) is 0 Å². The molecule has 1 rings (SSSR count). The van der Waals surface area contributed by atoms with Crippen LogP contribution in [-0.4, -0.2) is 15.5 Å². The minimum absolute atomic E-state index is 0.0794. The molecule has 12 heavy (non-hydrogen) atoms. The SMILES string of the molecule is O=S=CC(=O)Oc1ccccc1. The molecule has 0 aliphatic heterocycles. The highest BCUT2D eigenvalue weighted by molar-refractivity contribution is 7.66. The summed E-state index contributed by atoms with van der Waals surface area (Å²) in [5.74, 6) is -0.200. The zero-order valence-corrected chi connectivity index (χ0v) is 6.91. The molecule has 0 spiro atoms. The van der Waals surface area contributed by atoms with E-state index in [1.165, 1.54) is 0 Å². The maximum atomic E-state index is 10.7. The smallest absolute Gasteiger partial charge is 0.349 e. The molecule has 0 atom stereocenters. The van der Waals surface area contributed by atoms with Crippen LogP contribution in [0.1, 0.15) is 0 Å². The lowest BCUT2D eigenvalue weighted by Crippen LogP contribution is -2.08. The second-order valence-electron chi connectivity index (χ2n) is 1.95. The summed E-state index contributed by atoms with van der Waals surface area (Å²) in [5, 5.41) is 0.868. The summed E-state index contributed by atoms with van der Waals surface area (Å²) in [6.07, 6.45) is 0. The van der Waals surface area contributed by atoms with Crippen molar-refractivity contribution < 1.29 is 13.7 Å². The van der Waals surface area contributed by atoms with E-state index in [-0.39, 0.29) is 11.3 Å². The summed E-state index contributed by atoms with van der Waals surface area (Å²) >= 11 is 0.0794. The first-order chi connectivity index (χ1) is 5.83. The lowest BCUT2D eigenvalue weighted by molar-refractivity contribution is -0.126. The molecule has 0 saturated heterocycles. The van der Waals surface area contributed by atoms with Crippen LogP contribution in [0.25, 0.3) is 0 Å². The quantitative estimate of drug-likeness (QED) is 0.382. The van der Waals surface area contributed by atoms with E-state index in [1.54, 1.807) is 24.3 Å². The van der Waals surface area contributed by atoms with Crippen molar-refractivity contribution in [2.45, 2.75) is 0 Å². The predicted molar refractivity (Wildman–Crippen MR) is 46.3 cm³/mol. The molecule has 4 heteroatoms. The summed E-state index contributed by atoms with van der Waals surface area (Å²) in [7, 11) is 0. The first kappa shape index (κ1) is 8.67. The zero-order valence-electron chi connectivity index (χ0n) is 6.10. The molecule has 62 valence electrons. The number of rotatable bonds is 2. The Morgan fingerprint density at radius 1 is 1.33 bits per heavy atom. The zero-order chi connectivity index (χ0) is 8.81. The molecule has 1 aromatic carbocycles. The predicted octanol–water partition coefficient (Wildman–Crippen LogP) is 0.607. The molecule has 0 fully saturated rings. The van der Waals surface area contributed by atoms with E-state index < -0.39 is 5.97 Å². The number of ether oxygens (including phenoxy) is 1. The Hall–Kier alpha value is -1.42. The topological polar surface area (TPSA) is 43.4 Å². The Balaban J connectivity index is 2.64. The summed E-state index contributed by atoms with van der Waals surface area (Å²) in [4.78, 5) is 10.7. The van der Waals surface area contributed by atoms with Crippen molar-refractivity contribution in [2.24, 2.45) is 0 Å². The second kappa shape index (κ2) is 4.46. The van der Waals surface area contributed by atoms with Gasteiger partial charge in [0.15, 0.2) is 0 Å². The molecule has 0 N–H and O–H groups in total. The molecule has 0 heterocycles. The van der Waals surface area contributed by atoms with Crippen molar-refractivity contribution in [3.05, 3.63) is 30.3 Å². The first-order valence-corrected chi connectivity index (χ1v) is 4.02. The fourth-order valence-electron chi connectivity index (χ4n) is 0.668. The Morgan fingerprint density at radius 2 is 2.00 bits per heavy atom. The highest BCUT2D eigenvalue weighted by atomic mass is 32.1. The lowest BCUT2D eigenvalue weighted by atomic mass is 10.3. The molecular formula is C8H6O3S. The summed E-state index contributed by atoms with van der Waals surface area (Å²) in [6, 6.07) is 8.58. The minimum atomic E-state index is -0.638. The van der Waals surface area contributed by atoms with E-state index >= 15 is 0 Å². The number of hydrogen-bond acceptors (Lipinski definition) is 3. The molecule has 0 aliphatic rings. The molecule has 0 radical (unpaired) electrons. The van der Waals surface area contributed by atoms with Gasteiger partial charge in [0.25, 0.3) is 0 Å². The van der Waals surface area contributed by atoms with Crippen LogP contribution in [0.5, 0.6) is 5.75 Å². The summed E-state index contributed by atoms with van der Waals surface area (Å²) in [6.45, 7) is 0. The van der Waals surface area contributed by atoms with Crippen molar-refractivity contribution in [1.29, 1.82) is 0 Å². The molecule has 0 aromatic heterocycles. The van der Waals surface area contributed by atoms with Crippen LogP contribution >= 0.6 is 0 Å². The number of hydrogen-bond donors (Lipinski definition) is 0. The number of carbonyl (C=O) groups excluding carboxylic acids is 1. The molecule has 3 nitrogen and oxygen atoms in total. The molecular weight excluding hydrogens is 176 g/mol. The second-order valence-corrected chi connectivity index (χ2v) is 2.38. The molecule has 0 unspecified atom stereocenters. The minimum Gasteiger partial charge on any atom is -0.423 e. The van der Waals surface area contributed by atoms with Crippen LogP contribution in [0.3, 0.4) is 0 Å². The van der Waals surface area contributed by atoms with Crippen LogP contribution in [0, 0.1) is 0 Å². The number of carbonyl (C=O) groups is 1. The Morgan fingerprint density at radius 3 is 2.58 bits per heavy atom. The van der Waals surface area contributed by atoms with Gasteiger partial charge in [-0.25, -0.2) is 9.00 Å². The van der Waals surface area contributed by atoms with Gasteiger partial charge in [0.2, 0.25) is 0 Å². The normalized spacial score (nSPS) is 8.67. The van der Waals surface area contributed by atoms with Crippen LogP contribution in [0.4, 0.5) is 0 Å². The monoisotopic (exact) mass is 182 g/mol. The molecule has 0 amide bonds. The molecule has 0 aliphatic carbocycles. The summed E-state index contributed by atoms with van der Waals surface area (Å²) in [5.41, 5.74) is 0. The average molecular weight is 182 g/mol.